The standard InChI is InChI=1S/C17H18N4O2S/c1-11-8-13-9-19-17-16(12(2)20-21(17)15(13)10-18-11)24(22,23)14-6-4-3-5-7-14/h3-7,9,11,18H,8,10H2,1-2H3. The first kappa shape index (κ1) is 15.3. The maximum absolute atomic E-state index is 13.0. The minimum absolute atomic E-state index is 0.190. The van der Waals surface area contributed by atoms with Gasteiger partial charge in [-0.15, -0.1) is 0 Å². The number of nitrogens with one attached hydrogen (secondary N) is 1. The van der Waals surface area contributed by atoms with E-state index >= 15 is 0 Å². The van der Waals surface area contributed by atoms with Gasteiger partial charge in [-0.3, -0.25) is 0 Å². The number of nitrogens with zero attached hydrogens (tertiary/aromatic N) is 3. The summed E-state index contributed by atoms with van der Waals surface area (Å²) in [6.07, 6.45) is 2.64. The van der Waals surface area contributed by atoms with Gasteiger partial charge in [-0.05, 0) is 38.0 Å². The normalized spacial score (nSPS) is 17.8. The van der Waals surface area contributed by atoms with Crippen LogP contribution in [0, 0.1) is 6.92 Å². The number of hydrogen-bond donors (Lipinski definition) is 1. The van der Waals surface area contributed by atoms with E-state index in [1.807, 2.05) is 0 Å². The van der Waals surface area contributed by atoms with Crippen molar-refractivity contribution in [3.63, 3.8) is 0 Å². The van der Waals surface area contributed by atoms with Crippen molar-refractivity contribution in [1.29, 1.82) is 0 Å². The summed E-state index contributed by atoms with van der Waals surface area (Å²) in [6.45, 7) is 4.49. The molecule has 24 heavy (non-hydrogen) atoms. The lowest BCUT2D eigenvalue weighted by atomic mass is 10.0. The second-order valence-corrected chi connectivity index (χ2v) is 8.07. The Labute approximate surface area is 140 Å². The van der Waals surface area contributed by atoms with E-state index in [4.69, 9.17) is 0 Å². The van der Waals surface area contributed by atoms with Crippen LogP contribution in [0.25, 0.3) is 5.65 Å². The predicted octanol–water partition coefficient (Wildman–Crippen LogP) is 1.90. The van der Waals surface area contributed by atoms with Crippen LogP contribution in [-0.2, 0) is 22.8 Å². The van der Waals surface area contributed by atoms with Crippen molar-refractivity contribution >= 4 is 15.5 Å². The third-order valence-electron chi connectivity index (χ3n) is 4.42. The molecule has 124 valence electrons. The van der Waals surface area contributed by atoms with Crippen LogP contribution < -0.4 is 5.32 Å². The average Bonchev–Trinajstić information content (AvgIpc) is 2.92. The van der Waals surface area contributed by atoms with E-state index in [2.05, 4.69) is 22.3 Å². The molecule has 0 amide bonds. The molecule has 2 aromatic heterocycles. The zero-order valence-corrected chi connectivity index (χ0v) is 14.3. The number of rotatable bonds is 2. The Hall–Kier alpha value is -2.25. The van der Waals surface area contributed by atoms with Gasteiger partial charge in [-0.25, -0.2) is 17.9 Å². The lowest BCUT2D eigenvalue weighted by molar-refractivity contribution is 0.494. The third kappa shape index (κ3) is 2.23. The Bertz CT molecular complexity index is 1030. The van der Waals surface area contributed by atoms with Gasteiger partial charge in [-0.1, -0.05) is 18.2 Å². The number of hydrogen-bond acceptors (Lipinski definition) is 5. The summed E-state index contributed by atoms with van der Waals surface area (Å²) in [5.41, 5.74) is 2.96. The topological polar surface area (TPSA) is 76.4 Å². The molecule has 0 spiro atoms. The van der Waals surface area contributed by atoms with Crippen molar-refractivity contribution < 1.29 is 8.42 Å². The molecule has 1 N–H and O–H groups in total. The SMILES string of the molecule is Cc1nn2c3c(cnc2c1S(=O)(=O)c1ccccc1)CC(C)NC3. The Morgan fingerprint density at radius 2 is 2.00 bits per heavy atom. The zero-order chi connectivity index (χ0) is 16.9. The van der Waals surface area contributed by atoms with Crippen LogP contribution in [0.3, 0.4) is 0 Å². The molecule has 6 nitrogen and oxygen atoms in total. The van der Waals surface area contributed by atoms with E-state index in [1.54, 1.807) is 48.0 Å². The highest BCUT2D eigenvalue weighted by atomic mass is 32.2. The quantitative estimate of drug-likeness (QED) is 0.770. The number of benzene rings is 1. The number of sulfone groups is 1. The molecule has 0 saturated heterocycles. The van der Waals surface area contributed by atoms with Gasteiger partial charge in [0.05, 0.1) is 16.3 Å². The van der Waals surface area contributed by atoms with E-state index in [-0.39, 0.29) is 9.79 Å². The number of aromatic nitrogens is 3. The number of aryl methyl sites for hydroxylation is 1. The van der Waals surface area contributed by atoms with Crippen LogP contribution in [-0.4, -0.2) is 29.1 Å². The summed E-state index contributed by atoms with van der Waals surface area (Å²) in [5, 5.41) is 7.87. The Morgan fingerprint density at radius 1 is 1.25 bits per heavy atom. The summed E-state index contributed by atoms with van der Waals surface area (Å²) in [5.74, 6) is 0. The van der Waals surface area contributed by atoms with Gasteiger partial charge in [0, 0.05) is 18.8 Å². The Kier molecular flexibility index (Phi) is 3.43. The van der Waals surface area contributed by atoms with Gasteiger partial charge < -0.3 is 5.32 Å². The van der Waals surface area contributed by atoms with E-state index in [0.717, 1.165) is 17.7 Å². The molecule has 1 atom stereocenters. The first-order valence-corrected chi connectivity index (χ1v) is 9.36. The average molecular weight is 342 g/mol. The molecule has 1 aliphatic heterocycles. The van der Waals surface area contributed by atoms with E-state index < -0.39 is 9.84 Å². The lowest BCUT2D eigenvalue weighted by Gasteiger charge is -2.23. The lowest BCUT2D eigenvalue weighted by Crippen LogP contribution is -2.34. The summed E-state index contributed by atoms with van der Waals surface area (Å²) in [7, 11) is -3.66. The van der Waals surface area contributed by atoms with Crippen molar-refractivity contribution in [3.05, 3.63) is 53.5 Å². The molecule has 3 aromatic rings. The summed E-state index contributed by atoms with van der Waals surface area (Å²) in [6, 6.07) is 8.80. The molecule has 0 saturated carbocycles. The molecule has 0 aliphatic carbocycles. The first-order chi connectivity index (χ1) is 11.5. The monoisotopic (exact) mass is 342 g/mol. The van der Waals surface area contributed by atoms with Crippen LogP contribution in [0.2, 0.25) is 0 Å². The largest absolute Gasteiger partial charge is 0.308 e. The Morgan fingerprint density at radius 3 is 2.75 bits per heavy atom. The molecule has 1 unspecified atom stereocenters. The van der Waals surface area contributed by atoms with Gasteiger partial charge >= 0.3 is 0 Å². The fourth-order valence-electron chi connectivity index (χ4n) is 3.22. The molecule has 0 bridgehead atoms. The highest BCUT2D eigenvalue weighted by Gasteiger charge is 2.28. The van der Waals surface area contributed by atoms with Gasteiger partial charge in [0.2, 0.25) is 9.84 Å². The molecular weight excluding hydrogens is 324 g/mol. The second kappa shape index (κ2) is 5.39. The fraction of sp³-hybridized carbons (Fsp3) is 0.294. The van der Waals surface area contributed by atoms with Crippen molar-refractivity contribution in [2.75, 3.05) is 0 Å². The minimum Gasteiger partial charge on any atom is -0.308 e. The molecule has 1 aliphatic rings. The van der Waals surface area contributed by atoms with Crippen LogP contribution in [0.4, 0.5) is 0 Å². The van der Waals surface area contributed by atoms with Crippen LogP contribution >= 0.6 is 0 Å². The molecule has 7 heteroatoms. The van der Waals surface area contributed by atoms with Gasteiger partial charge in [0.15, 0.2) is 5.65 Å². The molecular formula is C17H18N4O2S. The third-order valence-corrected chi connectivity index (χ3v) is 6.33. The smallest absolute Gasteiger partial charge is 0.212 e. The maximum atomic E-state index is 13.0. The summed E-state index contributed by atoms with van der Waals surface area (Å²) >= 11 is 0. The Balaban J connectivity index is 1.97. The van der Waals surface area contributed by atoms with E-state index in [1.165, 1.54) is 0 Å². The van der Waals surface area contributed by atoms with E-state index in [0.29, 0.717) is 23.9 Å². The number of fused-ring (bicyclic) bond motifs is 3. The summed E-state index contributed by atoms with van der Waals surface area (Å²) < 4.78 is 27.8. The van der Waals surface area contributed by atoms with Crippen LogP contribution in [0.5, 0.6) is 0 Å². The fourth-order valence-corrected chi connectivity index (χ4v) is 4.78. The van der Waals surface area contributed by atoms with Gasteiger partial charge in [-0.2, -0.15) is 5.10 Å². The minimum atomic E-state index is -3.66. The van der Waals surface area contributed by atoms with Gasteiger partial charge in [0.1, 0.15) is 4.90 Å². The van der Waals surface area contributed by atoms with Gasteiger partial charge in [0.25, 0.3) is 0 Å². The highest BCUT2D eigenvalue weighted by Crippen LogP contribution is 2.28. The predicted molar refractivity (Wildman–Crippen MR) is 89.6 cm³/mol. The molecule has 3 heterocycles. The van der Waals surface area contributed by atoms with Crippen molar-refractivity contribution in [3.8, 4) is 0 Å². The summed E-state index contributed by atoms with van der Waals surface area (Å²) in [4.78, 5) is 4.88. The molecule has 0 fully saturated rings. The van der Waals surface area contributed by atoms with Crippen LogP contribution in [0.15, 0.2) is 46.3 Å². The zero-order valence-electron chi connectivity index (χ0n) is 13.5. The molecule has 4 rings (SSSR count). The van der Waals surface area contributed by atoms with Crippen molar-refractivity contribution in [2.45, 2.75) is 42.6 Å². The van der Waals surface area contributed by atoms with Crippen LogP contribution in [0.1, 0.15) is 23.9 Å². The maximum Gasteiger partial charge on any atom is 0.212 e. The second-order valence-electron chi connectivity index (χ2n) is 6.18. The highest BCUT2D eigenvalue weighted by molar-refractivity contribution is 7.91. The van der Waals surface area contributed by atoms with E-state index in [9.17, 15) is 8.42 Å². The molecule has 0 radical (unpaired) electrons. The van der Waals surface area contributed by atoms with Crippen molar-refractivity contribution in [1.82, 2.24) is 19.9 Å². The molecule has 1 aromatic carbocycles. The van der Waals surface area contributed by atoms with Crippen molar-refractivity contribution in [2.24, 2.45) is 0 Å². The first-order valence-electron chi connectivity index (χ1n) is 7.88.